The molecule has 3 rings (SSSR count). The Balaban J connectivity index is 1.72. The Hall–Kier alpha value is -1.99. The predicted molar refractivity (Wildman–Crippen MR) is 83.3 cm³/mol. The average molecular weight is 338 g/mol. The fraction of sp³-hybridized carbons (Fsp3) is 0.400. The minimum Gasteiger partial charge on any atom is -0.340 e. The lowest BCUT2D eigenvalue weighted by Crippen LogP contribution is -2.50. The number of nitrogens with zero attached hydrogens (tertiary/aromatic N) is 4. The van der Waals surface area contributed by atoms with Crippen LogP contribution in [0, 0.1) is 12.7 Å². The minimum atomic E-state index is -0.411. The second kappa shape index (κ2) is 6.25. The summed E-state index contributed by atoms with van der Waals surface area (Å²) in [5, 5.41) is 11.5. The van der Waals surface area contributed by atoms with Crippen molar-refractivity contribution in [3.63, 3.8) is 0 Å². The normalized spacial score (nSPS) is 17.0. The SMILES string of the molecule is Cc1nnc2n1CC(C(=O)N(C)Cc1c(F)cccc1Cl)NC2. The molecule has 6 nitrogen and oxygen atoms in total. The van der Waals surface area contributed by atoms with Crippen LogP contribution in [0.3, 0.4) is 0 Å². The van der Waals surface area contributed by atoms with Crippen molar-refractivity contribution in [3.8, 4) is 0 Å². The van der Waals surface area contributed by atoms with Crippen LogP contribution >= 0.6 is 11.6 Å². The number of carbonyl (C=O) groups is 1. The number of benzene rings is 1. The van der Waals surface area contributed by atoms with Crippen LogP contribution in [0.2, 0.25) is 5.02 Å². The molecule has 0 fully saturated rings. The Bertz CT molecular complexity index is 727. The quantitative estimate of drug-likeness (QED) is 0.922. The Morgan fingerprint density at radius 1 is 1.52 bits per heavy atom. The average Bonchev–Trinajstić information content (AvgIpc) is 2.91. The van der Waals surface area contributed by atoms with Crippen LogP contribution in [-0.2, 0) is 24.4 Å². The first-order valence-corrected chi connectivity index (χ1v) is 7.65. The van der Waals surface area contributed by atoms with Crippen LogP contribution in [0.25, 0.3) is 0 Å². The maximum absolute atomic E-state index is 13.9. The van der Waals surface area contributed by atoms with Gasteiger partial charge >= 0.3 is 0 Å². The van der Waals surface area contributed by atoms with Gasteiger partial charge in [0.25, 0.3) is 0 Å². The highest BCUT2D eigenvalue weighted by Gasteiger charge is 2.28. The van der Waals surface area contributed by atoms with Crippen molar-refractivity contribution in [2.24, 2.45) is 0 Å². The van der Waals surface area contributed by atoms with Gasteiger partial charge in [0.1, 0.15) is 23.5 Å². The maximum atomic E-state index is 13.9. The molecule has 2 heterocycles. The van der Waals surface area contributed by atoms with Gasteiger partial charge in [0, 0.05) is 30.7 Å². The summed E-state index contributed by atoms with van der Waals surface area (Å²) in [6.07, 6.45) is 0. The molecule has 1 aromatic carbocycles. The van der Waals surface area contributed by atoms with Crippen LogP contribution in [0.15, 0.2) is 18.2 Å². The van der Waals surface area contributed by atoms with Gasteiger partial charge in [0.15, 0.2) is 0 Å². The molecule has 1 aliphatic rings. The van der Waals surface area contributed by atoms with E-state index in [4.69, 9.17) is 11.6 Å². The lowest BCUT2D eigenvalue weighted by molar-refractivity contribution is -0.133. The van der Waals surface area contributed by atoms with Crippen molar-refractivity contribution in [2.75, 3.05) is 7.05 Å². The zero-order chi connectivity index (χ0) is 16.6. The van der Waals surface area contributed by atoms with Gasteiger partial charge in [-0.1, -0.05) is 17.7 Å². The summed E-state index contributed by atoms with van der Waals surface area (Å²) in [7, 11) is 1.64. The number of aryl methyl sites for hydroxylation is 1. The highest BCUT2D eigenvalue weighted by atomic mass is 35.5. The van der Waals surface area contributed by atoms with Crippen LogP contribution in [0.5, 0.6) is 0 Å². The third-order valence-corrected chi connectivity index (χ3v) is 4.37. The molecule has 1 aromatic heterocycles. The summed E-state index contributed by atoms with van der Waals surface area (Å²) in [4.78, 5) is 14.1. The molecule has 2 aromatic rings. The van der Waals surface area contributed by atoms with E-state index in [-0.39, 0.29) is 12.5 Å². The number of halogens is 2. The Morgan fingerprint density at radius 2 is 2.30 bits per heavy atom. The van der Waals surface area contributed by atoms with Crippen LogP contribution < -0.4 is 5.32 Å². The summed E-state index contributed by atoms with van der Waals surface area (Å²) >= 11 is 6.02. The van der Waals surface area contributed by atoms with Gasteiger partial charge in [0.05, 0.1) is 6.54 Å². The molecule has 0 aliphatic carbocycles. The summed E-state index contributed by atoms with van der Waals surface area (Å²) in [5.41, 5.74) is 0.321. The third-order valence-electron chi connectivity index (χ3n) is 4.02. The number of carbonyl (C=O) groups excluding carboxylic acids is 1. The molecule has 1 unspecified atom stereocenters. The molecule has 8 heteroatoms. The Labute approximate surface area is 138 Å². The first kappa shape index (κ1) is 15.9. The maximum Gasteiger partial charge on any atom is 0.241 e. The number of likely N-dealkylation sites (N-methyl/N-ethyl adjacent to an activating group) is 1. The summed E-state index contributed by atoms with van der Waals surface area (Å²) in [6.45, 7) is 2.91. The second-order valence-electron chi connectivity index (χ2n) is 5.60. The van der Waals surface area contributed by atoms with Crippen molar-refractivity contribution in [2.45, 2.75) is 32.6 Å². The fourth-order valence-corrected chi connectivity index (χ4v) is 2.91. The van der Waals surface area contributed by atoms with Crippen molar-refractivity contribution < 1.29 is 9.18 Å². The smallest absolute Gasteiger partial charge is 0.241 e. The van der Waals surface area contributed by atoms with E-state index < -0.39 is 11.9 Å². The van der Waals surface area contributed by atoms with Crippen molar-refractivity contribution in [1.82, 2.24) is 25.0 Å². The van der Waals surface area contributed by atoms with Crippen LogP contribution in [0.4, 0.5) is 4.39 Å². The minimum absolute atomic E-state index is 0.122. The molecule has 1 N–H and O–H groups in total. The van der Waals surface area contributed by atoms with Crippen LogP contribution in [0.1, 0.15) is 17.2 Å². The first-order valence-electron chi connectivity index (χ1n) is 7.27. The summed E-state index contributed by atoms with van der Waals surface area (Å²) in [5.74, 6) is 1.05. The summed E-state index contributed by atoms with van der Waals surface area (Å²) < 4.78 is 15.8. The third kappa shape index (κ3) is 3.07. The summed E-state index contributed by atoms with van der Waals surface area (Å²) in [6, 6.07) is 4.10. The molecular weight excluding hydrogens is 321 g/mol. The van der Waals surface area contributed by atoms with E-state index >= 15 is 0 Å². The molecular formula is C15H17ClFN5O. The molecule has 1 amide bonds. The number of amides is 1. The molecule has 1 atom stereocenters. The lowest BCUT2D eigenvalue weighted by atomic mass is 10.1. The van der Waals surface area contributed by atoms with Gasteiger partial charge < -0.3 is 9.47 Å². The number of hydrogen-bond acceptors (Lipinski definition) is 4. The second-order valence-corrected chi connectivity index (χ2v) is 6.01. The van der Waals surface area contributed by atoms with E-state index in [1.807, 2.05) is 11.5 Å². The zero-order valence-corrected chi connectivity index (χ0v) is 13.6. The van der Waals surface area contributed by atoms with E-state index in [1.165, 1.54) is 11.0 Å². The molecule has 1 aliphatic heterocycles. The Kier molecular flexibility index (Phi) is 4.32. The molecule has 0 saturated carbocycles. The number of aromatic nitrogens is 3. The lowest BCUT2D eigenvalue weighted by Gasteiger charge is -2.28. The van der Waals surface area contributed by atoms with Gasteiger partial charge in [-0.3, -0.25) is 10.1 Å². The molecule has 0 radical (unpaired) electrons. The molecule has 0 saturated heterocycles. The van der Waals surface area contributed by atoms with E-state index in [9.17, 15) is 9.18 Å². The Morgan fingerprint density at radius 3 is 3.04 bits per heavy atom. The number of rotatable bonds is 3. The standard InChI is InChI=1S/C15H17ClFN5O/c1-9-19-20-14-6-18-13(8-22(9)14)15(23)21(2)7-10-11(16)4-3-5-12(10)17/h3-5,13,18H,6-8H2,1-2H3. The van der Waals surface area contributed by atoms with Gasteiger partial charge in [-0.2, -0.15) is 0 Å². The number of nitrogens with one attached hydrogen (secondary N) is 1. The monoisotopic (exact) mass is 337 g/mol. The van der Waals surface area contributed by atoms with E-state index in [1.54, 1.807) is 19.2 Å². The number of fused-ring (bicyclic) bond motifs is 1. The van der Waals surface area contributed by atoms with Gasteiger partial charge in [-0.25, -0.2) is 4.39 Å². The molecule has 0 spiro atoms. The first-order chi connectivity index (χ1) is 11.0. The van der Waals surface area contributed by atoms with E-state index in [0.717, 1.165) is 11.6 Å². The van der Waals surface area contributed by atoms with Gasteiger partial charge in [-0.05, 0) is 19.1 Å². The molecule has 23 heavy (non-hydrogen) atoms. The van der Waals surface area contributed by atoms with Crippen molar-refractivity contribution in [3.05, 3.63) is 46.3 Å². The fourth-order valence-electron chi connectivity index (χ4n) is 2.68. The van der Waals surface area contributed by atoms with Crippen LogP contribution in [-0.4, -0.2) is 38.7 Å². The van der Waals surface area contributed by atoms with Crippen molar-refractivity contribution >= 4 is 17.5 Å². The number of hydrogen-bond donors (Lipinski definition) is 1. The van der Waals surface area contributed by atoms with Gasteiger partial charge in [-0.15, -0.1) is 10.2 Å². The zero-order valence-electron chi connectivity index (χ0n) is 12.9. The van der Waals surface area contributed by atoms with Crippen molar-refractivity contribution in [1.29, 1.82) is 0 Å². The highest BCUT2D eigenvalue weighted by Crippen LogP contribution is 2.21. The predicted octanol–water partition coefficient (Wildman–Crippen LogP) is 1.51. The molecule has 0 bridgehead atoms. The van der Waals surface area contributed by atoms with E-state index in [2.05, 4.69) is 15.5 Å². The molecule has 122 valence electrons. The largest absolute Gasteiger partial charge is 0.340 e. The highest BCUT2D eigenvalue weighted by molar-refractivity contribution is 6.31. The van der Waals surface area contributed by atoms with Gasteiger partial charge in [0.2, 0.25) is 5.91 Å². The van der Waals surface area contributed by atoms with E-state index in [0.29, 0.717) is 23.7 Å². The topological polar surface area (TPSA) is 63.1 Å².